The van der Waals surface area contributed by atoms with Gasteiger partial charge in [-0.05, 0) is 48.9 Å². The van der Waals surface area contributed by atoms with E-state index >= 15 is 0 Å². The number of nitrogens with two attached hydrogens (primary N) is 1. The van der Waals surface area contributed by atoms with Gasteiger partial charge in [-0.3, -0.25) is 14.2 Å². The number of hydrogen-bond donors (Lipinski definition) is 1. The van der Waals surface area contributed by atoms with E-state index < -0.39 is 53.3 Å². The zero-order valence-electron chi connectivity index (χ0n) is 21.1. The van der Waals surface area contributed by atoms with Gasteiger partial charge in [0, 0.05) is 22.6 Å². The number of aromatic nitrogens is 3. The Morgan fingerprint density at radius 2 is 1.62 bits per heavy atom. The number of alkyl halides is 3. The second-order valence-corrected chi connectivity index (χ2v) is 9.88. The van der Waals surface area contributed by atoms with Crippen molar-refractivity contribution in [3.05, 3.63) is 111 Å². The molecule has 0 radical (unpaired) electrons. The number of hydrogen-bond acceptors (Lipinski definition) is 4. The van der Waals surface area contributed by atoms with Gasteiger partial charge in [-0.2, -0.15) is 13.2 Å². The van der Waals surface area contributed by atoms with Crippen molar-refractivity contribution in [2.24, 2.45) is 5.73 Å². The Morgan fingerprint density at radius 1 is 0.975 bits per heavy atom. The second kappa shape index (κ2) is 11.1. The fourth-order valence-corrected chi connectivity index (χ4v) is 4.41. The summed E-state index contributed by atoms with van der Waals surface area (Å²) >= 11 is 5.98. The maximum atomic E-state index is 14.4. The number of nitrogens with zero attached hydrogens (tertiary/aromatic N) is 3. The van der Waals surface area contributed by atoms with Gasteiger partial charge in [-0.1, -0.05) is 48.0 Å². The minimum Gasteiger partial charge on any atom is -0.369 e. The number of primary amides is 1. The molecular formula is C28H23ClF4N4O3. The predicted octanol–water partition coefficient (Wildman–Crippen LogP) is 4.97. The summed E-state index contributed by atoms with van der Waals surface area (Å²) in [6, 6.07) is 16.2. The minimum absolute atomic E-state index is 0.0949. The number of rotatable bonds is 9. The lowest BCUT2D eigenvalue weighted by atomic mass is 9.77. The van der Waals surface area contributed by atoms with E-state index in [0.29, 0.717) is 10.6 Å². The molecule has 0 aliphatic carbocycles. The van der Waals surface area contributed by atoms with Gasteiger partial charge in [-0.25, -0.2) is 13.9 Å². The summed E-state index contributed by atoms with van der Waals surface area (Å²) in [7, 11) is 0. The molecule has 4 aromatic rings. The van der Waals surface area contributed by atoms with Crippen LogP contribution in [0, 0.1) is 5.82 Å². The first-order chi connectivity index (χ1) is 18.8. The zero-order chi connectivity index (χ0) is 29.2. The van der Waals surface area contributed by atoms with Crippen molar-refractivity contribution in [2.75, 3.05) is 0 Å². The van der Waals surface area contributed by atoms with Crippen LogP contribution in [0.4, 0.5) is 17.6 Å². The van der Waals surface area contributed by atoms with Crippen LogP contribution in [0.1, 0.15) is 30.0 Å². The van der Waals surface area contributed by atoms with E-state index in [1.54, 1.807) is 30.3 Å². The summed E-state index contributed by atoms with van der Waals surface area (Å²) in [5.74, 6) is -2.11. The fraction of sp³-hybridized carbons (Fsp3) is 0.214. The molecule has 0 saturated carbocycles. The average Bonchev–Trinajstić information content (AvgIpc) is 3.19. The summed E-state index contributed by atoms with van der Waals surface area (Å²) in [5.41, 5.74) is 2.59. The molecule has 1 unspecified atom stereocenters. The molecule has 1 aromatic heterocycles. The molecule has 0 fully saturated rings. The topological polar surface area (TPSA) is 100.0 Å². The molecule has 0 spiro atoms. The Balaban J connectivity index is 1.69. The van der Waals surface area contributed by atoms with Crippen molar-refractivity contribution in [2.45, 2.75) is 38.0 Å². The third-order valence-electron chi connectivity index (χ3n) is 6.56. The molecule has 40 heavy (non-hydrogen) atoms. The highest BCUT2D eigenvalue weighted by Crippen LogP contribution is 2.34. The molecule has 0 aliphatic rings. The normalized spacial score (nSPS) is 13.2. The smallest absolute Gasteiger partial charge is 0.369 e. The molecule has 0 bridgehead atoms. The summed E-state index contributed by atoms with van der Waals surface area (Å²) in [5, 5.41) is 4.72. The van der Waals surface area contributed by atoms with Crippen LogP contribution in [0.15, 0.2) is 77.6 Å². The van der Waals surface area contributed by atoms with Crippen LogP contribution in [0.25, 0.3) is 11.4 Å². The molecule has 1 atom stereocenters. The number of benzene rings is 3. The van der Waals surface area contributed by atoms with Crippen LogP contribution in [-0.4, -0.2) is 26.0 Å². The third kappa shape index (κ3) is 5.99. The summed E-state index contributed by atoms with van der Waals surface area (Å²) in [6.07, 6.45) is -5.26. The summed E-state index contributed by atoms with van der Waals surface area (Å²) in [4.78, 5) is 38.9. The second-order valence-electron chi connectivity index (χ2n) is 9.44. The average molecular weight is 575 g/mol. The SMILES string of the molecule is CC(CC(=O)Cn1nc(-c2ccc(Cl)cc2)n(Cc2ccccc2F)c1=O)(C(N)=O)c1cccc(C(F)(F)F)c1. The Hall–Kier alpha value is -4.25. The van der Waals surface area contributed by atoms with Crippen LogP contribution < -0.4 is 11.4 Å². The van der Waals surface area contributed by atoms with Crippen LogP contribution in [0.3, 0.4) is 0 Å². The number of carbonyl (C=O) groups is 2. The zero-order valence-corrected chi connectivity index (χ0v) is 21.8. The molecule has 1 heterocycles. The predicted molar refractivity (Wildman–Crippen MR) is 140 cm³/mol. The van der Waals surface area contributed by atoms with Crippen molar-refractivity contribution in [3.8, 4) is 11.4 Å². The van der Waals surface area contributed by atoms with Gasteiger partial charge >= 0.3 is 11.9 Å². The Bertz CT molecular complexity index is 1630. The number of carbonyl (C=O) groups excluding carboxylic acids is 2. The molecule has 0 saturated heterocycles. The van der Waals surface area contributed by atoms with Gasteiger partial charge < -0.3 is 5.73 Å². The van der Waals surface area contributed by atoms with Gasteiger partial charge in [0.1, 0.15) is 12.4 Å². The van der Waals surface area contributed by atoms with Crippen LogP contribution in [0.2, 0.25) is 5.02 Å². The van der Waals surface area contributed by atoms with E-state index in [0.717, 1.165) is 22.9 Å². The van der Waals surface area contributed by atoms with E-state index in [1.165, 1.54) is 35.8 Å². The molecule has 1 amide bonds. The Morgan fingerprint density at radius 3 is 2.25 bits per heavy atom. The van der Waals surface area contributed by atoms with Crippen molar-refractivity contribution in [3.63, 3.8) is 0 Å². The van der Waals surface area contributed by atoms with Gasteiger partial charge in [0.05, 0.1) is 17.5 Å². The summed E-state index contributed by atoms with van der Waals surface area (Å²) < 4.78 is 56.3. The van der Waals surface area contributed by atoms with E-state index in [4.69, 9.17) is 17.3 Å². The molecule has 7 nitrogen and oxygen atoms in total. The number of Topliss-reactive ketones (excluding diaryl/α,β-unsaturated/α-hetero) is 1. The maximum Gasteiger partial charge on any atom is 0.416 e. The first-order valence-electron chi connectivity index (χ1n) is 12.0. The largest absolute Gasteiger partial charge is 0.416 e. The number of ketones is 1. The number of amides is 1. The molecule has 12 heteroatoms. The molecule has 4 rings (SSSR count). The van der Waals surface area contributed by atoms with Crippen molar-refractivity contribution >= 4 is 23.3 Å². The lowest BCUT2D eigenvalue weighted by Crippen LogP contribution is -2.41. The molecule has 208 valence electrons. The van der Waals surface area contributed by atoms with E-state index in [9.17, 15) is 31.9 Å². The van der Waals surface area contributed by atoms with E-state index in [-0.39, 0.29) is 23.5 Å². The monoisotopic (exact) mass is 574 g/mol. The van der Waals surface area contributed by atoms with E-state index in [2.05, 4.69) is 5.10 Å². The van der Waals surface area contributed by atoms with Gasteiger partial charge in [0.25, 0.3) is 0 Å². The summed E-state index contributed by atoms with van der Waals surface area (Å²) in [6.45, 7) is 0.466. The van der Waals surface area contributed by atoms with Crippen LogP contribution >= 0.6 is 11.6 Å². The van der Waals surface area contributed by atoms with Gasteiger partial charge in [0.15, 0.2) is 11.6 Å². The first kappa shape index (κ1) is 28.8. The van der Waals surface area contributed by atoms with Crippen molar-refractivity contribution < 1.29 is 27.2 Å². The standard InChI is InChI=1S/C28H23ClF4N4O3/c1-27(25(34)39,19-6-4-7-20(13-19)28(31,32)33)14-22(38)16-37-26(40)36(15-18-5-2-3-8-23(18)30)24(35-37)17-9-11-21(29)12-10-17/h2-13H,14-16H2,1H3,(H2,34,39). The maximum absolute atomic E-state index is 14.4. The molecular weight excluding hydrogens is 552 g/mol. The number of halogens is 5. The Kier molecular flexibility index (Phi) is 7.97. The van der Waals surface area contributed by atoms with Gasteiger partial charge in [-0.15, -0.1) is 5.10 Å². The van der Waals surface area contributed by atoms with E-state index in [1.807, 2.05) is 0 Å². The highest BCUT2D eigenvalue weighted by Gasteiger charge is 2.38. The highest BCUT2D eigenvalue weighted by atomic mass is 35.5. The van der Waals surface area contributed by atoms with Crippen molar-refractivity contribution in [1.29, 1.82) is 0 Å². The lowest BCUT2D eigenvalue weighted by molar-refractivity contribution is -0.137. The van der Waals surface area contributed by atoms with Gasteiger partial charge in [0.2, 0.25) is 5.91 Å². The Labute approximate surface area is 230 Å². The third-order valence-corrected chi connectivity index (χ3v) is 6.81. The van der Waals surface area contributed by atoms with Crippen LogP contribution in [-0.2, 0) is 34.3 Å². The minimum atomic E-state index is -4.67. The molecule has 2 N–H and O–H groups in total. The molecule has 3 aromatic carbocycles. The van der Waals surface area contributed by atoms with Crippen molar-refractivity contribution in [1.82, 2.24) is 14.3 Å². The first-order valence-corrected chi connectivity index (χ1v) is 12.3. The molecule has 0 aliphatic heterocycles. The quantitative estimate of drug-likeness (QED) is 0.285. The lowest BCUT2D eigenvalue weighted by Gasteiger charge is -2.26. The highest BCUT2D eigenvalue weighted by molar-refractivity contribution is 6.30. The fourth-order valence-electron chi connectivity index (χ4n) is 4.28. The van der Waals surface area contributed by atoms with Crippen LogP contribution in [0.5, 0.6) is 0 Å².